The molecule has 4 aliphatic rings. The molecular formula is C21H23Cl2NO4. The van der Waals surface area contributed by atoms with Crippen LogP contribution in [0, 0.1) is 23.2 Å². The minimum Gasteiger partial charge on any atom is -0.456 e. The van der Waals surface area contributed by atoms with Crippen LogP contribution in [-0.2, 0) is 14.3 Å². The fourth-order valence-electron chi connectivity index (χ4n) is 5.68. The summed E-state index contributed by atoms with van der Waals surface area (Å²) < 4.78 is 5.02. The third-order valence-electron chi connectivity index (χ3n) is 6.52. The fourth-order valence-corrected chi connectivity index (χ4v) is 5.98. The van der Waals surface area contributed by atoms with E-state index in [0.29, 0.717) is 28.3 Å². The van der Waals surface area contributed by atoms with Crippen LogP contribution in [0.3, 0.4) is 0 Å². The molecule has 1 aromatic carbocycles. The van der Waals surface area contributed by atoms with Crippen molar-refractivity contribution in [3.05, 3.63) is 33.8 Å². The molecule has 1 amide bonds. The molecule has 0 saturated heterocycles. The molecule has 4 saturated carbocycles. The average Bonchev–Trinajstić information content (AvgIpc) is 2.65. The Morgan fingerprint density at radius 1 is 1.00 bits per heavy atom. The maximum atomic E-state index is 12.8. The zero-order chi connectivity index (χ0) is 19.9. The number of nitrogens with one attached hydrogen (secondary N) is 1. The summed E-state index contributed by atoms with van der Waals surface area (Å²) in [6.07, 6.45) is 6.59. The third-order valence-corrected chi connectivity index (χ3v) is 7.26. The Bertz CT molecular complexity index is 787. The number of benzene rings is 1. The van der Waals surface area contributed by atoms with Crippen LogP contribution in [0.1, 0.15) is 48.9 Å². The fraction of sp³-hybridized carbons (Fsp3) is 0.571. The van der Waals surface area contributed by atoms with E-state index >= 15 is 0 Å². The number of rotatable bonds is 6. The topological polar surface area (TPSA) is 72.5 Å². The van der Waals surface area contributed by atoms with Crippen molar-refractivity contribution < 1.29 is 19.1 Å². The first kappa shape index (κ1) is 19.7. The van der Waals surface area contributed by atoms with Crippen LogP contribution in [0.25, 0.3) is 0 Å². The van der Waals surface area contributed by atoms with Crippen LogP contribution < -0.4 is 5.32 Å². The van der Waals surface area contributed by atoms with Gasteiger partial charge in [-0.05, 0) is 74.5 Å². The van der Waals surface area contributed by atoms with Crippen molar-refractivity contribution in [2.75, 3.05) is 13.2 Å². The summed E-state index contributed by atoms with van der Waals surface area (Å²) in [5.74, 6) is 0.957. The van der Waals surface area contributed by atoms with Gasteiger partial charge in [0.05, 0.1) is 10.0 Å². The van der Waals surface area contributed by atoms with Crippen molar-refractivity contribution in [2.45, 2.75) is 38.5 Å². The summed E-state index contributed by atoms with van der Waals surface area (Å²) >= 11 is 11.7. The molecule has 7 heteroatoms. The molecule has 5 rings (SSSR count). The second-order valence-electron chi connectivity index (χ2n) is 8.59. The number of carbonyl (C=O) groups excluding carboxylic acids is 3. The smallest absolute Gasteiger partial charge is 0.325 e. The quantitative estimate of drug-likeness (QED) is 0.553. The predicted octanol–water partition coefficient (Wildman–Crippen LogP) is 4.05. The van der Waals surface area contributed by atoms with Crippen LogP contribution in [0.4, 0.5) is 0 Å². The highest BCUT2D eigenvalue weighted by Gasteiger charge is 2.54. The molecule has 150 valence electrons. The van der Waals surface area contributed by atoms with Crippen LogP contribution >= 0.6 is 23.2 Å². The van der Waals surface area contributed by atoms with E-state index in [1.807, 2.05) is 0 Å². The Morgan fingerprint density at radius 2 is 1.61 bits per heavy atom. The SMILES string of the molecule is O=C(CNC(=O)C12CC3CC(CC(C3)C1)C2)OCC(=O)c1ccc(Cl)c(Cl)c1. The van der Waals surface area contributed by atoms with Gasteiger partial charge in [-0.25, -0.2) is 0 Å². The molecular weight excluding hydrogens is 401 g/mol. The molecule has 1 N–H and O–H groups in total. The van der Waals surface area contributed by atoms with Gasteiger partial charge in [0.15, 0.2) is 12.4 Å². The molecule has 28 heavy (non-hydrogen) atoms. The van der Waals surface area contributed by atoms with Gasteiger partial charge >= 0.3 is 5.97 Å². The number of ketones is 1. The number of carbonyl (C=O) groups is 3. The molecule has 0 aromatic heterocycles. The number of hydrogen-bond donors (Lipinski definition) is 1. The molecule has 4 bridgehead atoms. The Labute approximate surface area is 174 Å². The summed E-state index contributed by atoms with van der Waals surface area (Å²) in [7, 11) is 0. The molecule has 1 aromatic rings. The van der Waals surface area contributed by atoms with Gasteiger partial charge in [0.1, 0.15) is 6.54 Å². The second kappa shape index (κ2) is 7.68. The van der Waals surface area contributed by atoms with Crippen molar-refractivity contribution in [2.24, 2.45) is 23.2 Å². The number of Topliss-reactive ketones (excluding diaryl/α,β-unsaturated/α-hetero) is 1. The van der Waals surface area contributed by atoms with E-state index in [0.717, 1.165) is 19.3 Å². The van der Waals surface area contributed by atoms with Crippen LogP contribution in [0.2, 0.25) is 10.0 Å². The van der Waals surface area contributed by atoms with Gasteiger partial charge in [-0.3, -0.25) is 14.4 Å². The summed E-state index contributed by atoms with van der Waals surface area (Å²) in [5.41, 5.74) is 0.0186. The van der Waals surface area contributed by atoms with Gasteiger partial charge in [0.25, 0.3) is 0 Å². The van der Waals surface area contributed by atoms with E-state index in [9.17, 15) is 14.4 Å². The second-order valence-corrected chi connectivity index (χ2v) is 9.41. The molecule has 5 nitrogen and oxygen atoms in total. The van der Waals surface area contributed by atoms with Crippen LogP contribution in [0.5, 0.6) is 0 Å². The van der Waals surface area contributed by atoms with Crippen molar-refractivity contribution in [1.82, 2.24) is 5.32 Å². The number of hydrogen-bond acceptors (Lipinski definition) is 4. The third kappa shape index (κ3) is 3.92. The van der Waals surface area contributed by atoms with Gasteiger partial charge in [0.2, 0.25) is 5.91 Å². The van der Waals surface area contributed by atoms with Gasteiger partial charge in [-0.1, -0.05) is 23.2 Å². The highest BCUT2D eigenvalue weighted by atomic mass is 35.5. The molecule has 0 atom stereocenters. The van der Waals surface area contributed by atoms with Gasteiger partial charge in [-0.15, -0.1) is 0 Å². The van der Waals surface area contributed by atoms with Crippen molar-refractivity contribution >= 4 is 40.9 Å². The monoisotopic (exact) mass is 423 g/mol. The van der Waals surface area contributed by atoms with Gasteiger partial charge in [0, 0.05) is 11.0 Å². The van der Waals surface area contributed by atoms with Crippen molar-refractivity contribution in [3.8, 4) is 0 Å². The lowest BCUT2D eigenvalue weighted by Gasteiger charge is -2.55. The van der Waals surface area contributed by atoms with Crippen molar-refractivity contribution in [3.63, 3.8) is 0 Å². The molecule has 0 aliphatic heterocycles. The molecule has 0 spiro atoms. The van der Waals surface area contributed by atoms with E-state index in [-0.39, 0.29) is 28.7 Å². The molecule has 4 aliphatic carbocycles. The molecule has 0 unspecified atom stereocenters. The maximum absolute atomic E-state index is 12.8. The standard InChI is InChI=1S/C21H23Cl2NO4/c22-16-2-1-15(6-17(16)23)18(25)11-28-19(26)10-24-20(27)21-7-12-3-13(8-21)5-14(4-12)9-21/h1-2,6,12-14H,3-5,7-11H2,(H,24,27). The van der Waals surface area contributed by atoms with Gasteiger partial charge < -0.3 is 10.1 Å². The van der Waals surface area contributed by atoms with E-state index < -0.39 is 12.6 Å². The first-order valence-electron chi connectivity index (χ1n) is 9.77. The normalized spacial score (nSPS) is 30.1. The van der Waals surface area contributed by atoms with E-state index in [2.05, 4.69) is 5.32 Å². The molecule has 0 radical (unpaired) electrons. The highest BCUT2D eigenvalue weighted by molar-refractivity contribution is 6.42. The lowest BCUT2D eigenvalue weighted by atomic mass is 9.49. The number of ether oxygens (including phenoxy) is 1. The lowest BCUT2D eigenvalue weighted by Crippen LogP contribution is -2.54. The largest absolute Gasteiger partial charge is 0.456 e. The maximum Gasteiger partial charge on any atom is 0.325 e. The summed E-state index contributed by atoms with van der Waals surface area (Å²) in [5, 5.41) is 3.37. The van der Waals surface area contributed by atoms with E-state index in [4.69, 9.17) is 27.9 Å². The Hall–Kier alpha value is -1.59. The first-order valence-corrected chi connectivity index (χ1v) is 10.5. The van der Waals surface area contributed by atoms with E-state index in [1.165, 1.54) is 37.5 Å². The lowest BCUT2D eigenvalue weighted by molar-refractivity contribution is -0.150. The molecule has 0 heterocycles. The number of esters is 1. The number of halogens is 2. The Morgan fingerprint density at radius 3 is 2.18 bits per heavy atom. The minimum atomic E-state index is -0.619. The Kier molecular flexibility index (Phi) is 5.41. The number of amides is 1. The highest BCUT2D eigenvalue weighted by Crippen LogP contribution is 2.60. The summed E-state index contributed by atoms with van der Waals surface area (Å²) in [4.78, 5) is 36.9. The van der Waals surface area contributed by atoms with Crippen LogP contribution in [0.15, 0.2) is 18.2 Å². The first-order chi connectivity index (χ1) is 13.3. The Balaban J connectivity index is 1.26. The summed E-state index contributed by atoms with van der Waals surface area (Å²) in [6.45, 7) is -0.612. The zero-order valence-corrected chi connectivity index (χ0v) is 17.0. The zero-order valence-electron chi connectivity index (χ0n) is 15.5. The predicted molar refractivity (Wildman–Crippen MR) is 105 cm³/mol. The minimum absolute atomic E-state index is 0.0284. The van der Waals surface area contributed by atoms with Gasteiger partial charge in [-0.2, -0.15) is 0 Å². The summed E-state index contributed by atoms with van der Waals surface area (Å²) in [6, 6.07) is 4.48. The van der Waals surface area contributed by atoms with Crippen LogP contribution in [-0.4, -0.2) is 30.8 Å². The van der Waals surface area contributed by atoms with E-state index in [1.54, 1.807) is 0 Å². The molecule has 4 fully saturated rings. The van der Waals surface area contributed by atoms with Crippen molar-refractivity contribution in [1.29, 1.82) is 0 Å². The average molecular weight is 424 g/mol.